The Morgan fingerprint density at radius 1 is 0.958 bits per heavy atom. The van der Waals surface area contributed by atoms with E-state index in [4.69, 9.17) is 0 Å². The van der Waals surface area contributed by atoms with Crippen LogP contribution in [-0.2, 0) is 22.4 Å². The lowest BCUT2D eigenvalue weighted by atomic mass is 10.1. The maximum atomic E-state index is 12.4. The Balaban J connectivity index is 1.49. The van der Waals surface area contributed by atoms with Crippen molar-refractivity contribution in [1.82, 2.24) is 14.8 Å². The minimum atomic E-state index is 0.114. The lowest BCUT2D eigenvalue weighted by molar-refractivity contribution is -0.138. The van der Waals surface area contributed by atoms with Crippen molar-refractivity contribution in [3.63, 3.8) is 0 Å². The van der Waals surface area contributed by atoms with Crippen molar-refractivity contribution in [2.45, 2.75) is 19.8 Å². The van der Waals surface area contributed by atoms with E-state index >= 15 is 0 Å². The second-order valence-electron chi connectivity index (χ2n) is 6.30. The van der Waals surface area contributed by atoms with Crippen LogP contribution in [0, 0.1) is 6.92 Å². The molecular weight excluding hydrogens is 302 g/mol. The first-order valence-electron chi connectivity index (χ1n) is 8.35. The number of rotatable bonds is 4. The van der Waals surface area contributed by atoms with Gasteiger partial charge in [0.25, 0.3) is 0 Å². The predicted molar refractivity (Wildman–Crippen MR) is 92.5 cm³/mol. The largest absolute Gasteiger partial charge is 0.365 e. The highest BCUT2D eigenvalue weighted by atomic mass is 16.2. The number of carbonyl (C=O) groups excluding carboxylic acids is 2. The summed E-state index contributed by atoms with van der Waals surface area (Å²) in [6.07, 6.45) is 2.65. The molecule has 2 amide bonds. The lowest BCUT2D eigenvalue weighted by Crippen LogP contribution is -2.51. The molecule has 2 aromatic rings. The van der Waals surface area contributed by atoms with Gasteiger partial charge in [0.15, 0.2) is 0 Å². The molecule has 0 atom stereocenters. The van der Waals surface area contributed by atoms with Crippen LogP contribution in [0.5, 0.6) is 0 Å². The summed E-state index contributed by atoms with van der Waals surface area (Å²) in [6, 6.07) is 11.9. The summed E-state index contributed by atoms with van der Waals surface area (Å²) in [6.45, 7) is 4.48. The number of aryl methyl sites for hydroxylation is 1. The van der Waals surface area contributed by atoms with Crippen molar-refractivity contribution in [3.8, 4) is 0 Å². The number of nitrogens with zero attached hydrogens (tertiary/aromatic N) is 2. The Bertz CT molecular complexity index is 701. The third-order valence-corrected chi connectivity index (χ3v) is 4.43. The van der Waals surface area contributed by atoms with Crippen LogP contribution < -0.4 is 0 Å². The van der Waals surface area contributed by atoms with Gasteiger partial charge in [0.1, 0.15) is 0 Å². The molecule has 5 nitrogen and oxygen atoms in total. The van der Waals surface area contributed by atoms with Gasteiger partial charge in [-0.15, -0.1) is 0 Å². The van der Waals surface area contributed by atoms with Crippen LogP contribution in [0.25, 0.3) is 0 Å². The van der Waals surface area contributed by atoms with E-state index in [0.717, 1.165) is 11.3 Å². The predicted octanol–water partition coefficient (Wildman–Crippen LogP) is 1.78. The number of carbonyl (C=O) groups is 2. The van der Waals surface area contributed by atoms with Gasteiger partial charge < -0.3 is 14.8 Å². The monoisotopic (exact) mass is 325 g/mol. The molecule has 1 aliphatic heterocycles. The van der Waals surface area contributed by atoms with Gasteiger partial charge in [-0.05, 0) is 24.6 Å². The molecule has 0 aliphatic carbocycles. The molecule has 5 heteroatoms. The Morgan fingerprint density at radius 3 is 2.21 bits per heavy atom. The normalized spacial score (nSPS) is 14.7. The topological polar surface area (TPSA) is 56.4 Å². The van der Waals surface area contributed by atoms with Crippen molar-refractivity contribution in [3.05, 3.63) is 59.4 Å². The van der Waals surface area contributed by atoms with Crippen LogP contribution in [0.15, 0.2) is 42.6 Å². The van der Waals surface area contributed by atoms with Crippen molar-refractivity contribution in [2.75, 3.05) is 26.2 Å². The smallest absolute Gasteiger partial charge is 0.228 e. The quantitative estimate of drug-likeness (QED) is 0.931. The van der Waals surface area contributed by atoms with E-state index in [2.05, 4.69) is 4.98 Å². The second-order valence-corrected chi connectivity index (χ2v) is 6.30. The van der Waals surface area contributed by atoms with Crippen molar-refractivity contribution in [2.24, 2.45) is 0 Å². The SMILES string of the molecule is Cc1cccc(CC(=O)N2CCN(C(=O)Cc3ccc[nH]3)CC2)c1. The number of aromatic amines is 1. The molecule has 0 unspecified atom stereocenters. The summed E-state index contributed by atoms with van der Waals surface area (Å²) in [5, 5.41) is 0. The second kappa shape index (κ2) is 7.34. The number of H-pyrrole nitrogens is 1. The first kappa shape index (κ1) is 16.3. The fourth-order valence-electron chi connectivity index (χ4n) is 3.07. The molecule has 2 heterocycles. The van der Waals surface area contributed by atoms with Crippen LogP contribution in [-0.4, -0.2) is 52.8 Å². The highest BCUT2D eigenvalue weighted by Gasteiger charge is 2.24. The zero-order valence-corrected chi connectivity index (χ0v) is 14.0. The van der Waals surface area contributed by atoms with Gasteiger partial charge in [-0.2, -0.15) is 0 Å². The van der Waals surface area contributed by atoms with Crippen LogP contribution in [0.3, 0.4) is 0 Å². The Morgan fingerprint density at radius 2 is 1.62 bits per heavy atom. The fraction of sp³-hybridized carbons (Fsp3) is 0.368. The maximum absolute atomic E-state index is 12.4. The van der Waals surface area contributed by atoms with E-state index in [1.54, 1.807) is 0 Å². The molecule has 1 aromatic heterocycles. The van der Waals surface area contributed by atoms with Gasteiger partial charge in [0, 0.05) is 38.1 Å². The lowest BCUT2D eigenvalue weighted by Gasteiger charge is -2.35. The summed E-state index contributed by atoms with van der Waals surface area (Å²) < 4.78 is 0. The Hall–Kier alpha value is -2.56. The Kier molecular flexibility index (Phi) is 4.99. The van der Waals surface area contributed by atoms with E-state index in [1.165, 1.54) is 5.56 Å². The van der Waals surface area contributed by atoms with Gasteiger partial charge in [-0.3, -0.25) is 9.59 Å². The van der Waals surface area contributed by atoms with Crippen LogP contribution >= 0.6 is 0 Å². The van der Waals surface area contributed by atoms with Crippen molar-refractivity contribution in [1.29, 1.82) is 0 Å². The summed E-state index contributed by atoms with van der Waals surface area (Å²) in [5.74, 6) is 0.250. The van der Waals surface area contributed by atoms with E-state index < -0.39 is 0 Å². The molecule has 126 valence electrons. The standard InChI is InChI=1S/C19H23N3O2/c1-15-4-2-5-16(12-15)13-18(23)21-8-10-22(11-9-21)19(24)14-17-6-3-7-20-17/h2-7,12,20H,8-11,13-14H2,1H3. The summed E-state index contributed by atoms with van der Waals surface area (Å²) in [5.41, 5.74) is 3.14. The molecular formula is C19H23N3O2. The number of hydrogen-bond donors (Lipinski definition) is 1. The number of hydrogen-bond acceptors (Lipinski definition) is 2. The van der Waals surface area contributed by atoms with Crippen LogP contribution in [0.2, 0.25) is 0 Å². The highest BCUT2D eigenvalue weighted by molar-refractivity contribution is 5.80. The zero-order chi connectivity index (χ0) is 16.9. The third-order valence-electron chi connectivity index (χ3n) is 4.43. The van der Waals surface area contributed by atoms with Gasteiger partial charge in [0.05, 0.1) is 12.8 Å². The van der Waals surface area contributed by atoms with E-state index in [9.17, 15) is 9.59 Å². The molecule has 1 N–H and O–H groups in total. The summed E-state index contributed by atoms with van der Waals surface area (Å²) >= 11 is 0. The van der Waals surface area contributed by atoms with Gasteiger partial charge in [-0.25, -0.2) is 0 Å². The Labute approximate surface area is 142 Å². The van der Waals surface area contributed by atoms with Crippen molar-refractivity contribution < 1.29 is 9.59 Å². The number of piperazine rings is 1. The summed E-state index contributed by atoms with van der Waals surface area (Å²) in [7, 11) is 0. The minimum Gasteiger partial charge on any atom is -0.365 e. The molecule has 1 fully saturated rings. The van der Waals surface area contributed by atoms with Gasteiger partial charge >= 0.3 is 0 Å². The molecule has 24 heavy (non-hydrogen) atoms. The first-order valence-corrected chi connectivity index (χ1v) is 8.35. The van der Waals surface area contributed by atoms with Gasteiger partial charge in [-0.1, -0.05) is 29.8 Å². The molecule has 0 saturated carbocycles. The average molecular weight is 325 g/mol. The van der Waals surface area contributed by atoms with E-state index in [1.807, 2.05) is 59.3 Å². The van der Waals surface area contributed by atoms with Crippen molar-refractivity contribution >= 4 is 11.8 Å². The molecule has 1 saturated heterocycles. The maximum Gasteiger partial charge on any atom is 0.228 e. The third kappa shape index (κ3) is 4.04. The van der Waals surface area contributed by atoms with E-state index in [-0.39, 0.29) is 11.8 Å². The summed E-state index contributed by atoms with van der Waals surface area (Å²) in [4.78, 5) is 31.5. The number of amides is 2. The minimum absolute atomic E-state index is 0.114. The fourth-order valence-corrected chi connectivity index (χ4v) is 3.07. The average Bonchev–Trinajstić information content (AvgIpc) is 3.08. The first-order chi connectivity index (χ1) is 11.6. The number of benzene rings is 1. The molecule has 0 spiro atoms. The van der Waals surface area contributed by atoms with Crippen LogP contribution in [0.4, 0.5) is 0 Å². The number of nitrogens with one attached hydrogen (secondary N) is 1. The zero-order valence-electron chi connectivity index (χ0n) is 14.0. The molecule has 1 aliphatic rings. The van der Waals surface area contributed by atoms with Crippen LogP contribution in [0.1, 0.15) is 16.8 Å². The molecule has 3 rings (SSSR count). The van der Waals surface area contributed by atoms with E-state index in [0.29, 0.717) is 39.0 Å². The highest BCUT2D eigenvalue weighted by Crippen LogP contribution is 2.10. The molecule has 1 aromatic carbocycles. The van der Waals surface area contributed by atoms with Gasteiger partial charge in [0.2, 0.25) is 11.8 Å². The molecule has 0 bridgehead atoms. The molecule has 0 radical (unpaired) electrons. The number of aromatic nitrogens is 1.